The second-order valence-corrected chi connectivity index (χ2v) is 4.76. The number of rotatable bonds is 2. The molecule has 3 nitrogen and oxygen atoms in total. The molecule has 0 bridgehead atoms. The van der Waals surface area contributed by atoms with E-state index in [1.54, 1.807) is 0 Å². The number of carbonyl (C=O) groups is 1. The van der Waals surface area contributed by atoms with E-state index < -0.39 is 0 Å². The number of hydrogen-bond donors (Lipinski definition) is 1. The average Bonchev–Trinajstić information content (AvgIpc) is 2.29. The molecule has 92 valence electrons. The molecule has 2 unspecified atom stereocenters. The lowest BCUT2D eigenvalue weighted by molar-refractivity contribution is -0.147. The Kier molecular flexibility index (Phi) is 3.67. The minimum absolute atomic E-state index is 0.0869. The van der Waals surface area contributed by atoms with E-state index in [-0.39, 0.29) is 12.1 Å². The normalized spacial score (nSPS) is 24.3. The zero-order chi connectivity index (χ0) is 12.3. The van der Waals surface area contributed by atoms with Gasteiger partial charge >= 0.3 is 5.97 Å². The molecule has 0 saturated heterocycles. The SMILES string of the molecule is CC(=O)OC1CCCC(c2ccc(N)cc2)C1. The standard InChI is InChI=1S/C14H19NO2/c1-10(16)17-14-4-2-3-12(9-14)11-5-7-13(15)8-6-11/h5-8,12,14H,2-4,9,15H2,1H3. The van der Waals surface area contributed by atoms with Crippen LogP contribution in [0.4, 0.5) is 5.69 Å². The van der Waals surface area contributed by atoms with Crippen LogP contribution in [-0.2, 0) is 9.53 Å². The van der Waals surface area contributed by atoms with Gasteiger partial charge in [-0.3, -0.25) is 4.79 Å². The van der Waals surface area contributed by atoms with Gasteiger partial charge in [-0.1, -0.05) is 12.1 Å². The fraction of sp³-hybridized carbons (Fsp3) is 0.500. The summed E-state index contributed by atoms with van der Waals surface area (Å²) in [5, 5.41) is 0. The van der Waals surface area contributed by atoms with Gasteiger partial charge in [0.2, 0.25) is 0 Å². The molecule has 3 heteroatoms. The number of benzene rings is 1. The molecule has 1 aromatic rings. The number of carbonyl (C=O) groups excluding carboxylic acids is 1. The lowest BCUT2D eigenvalue weighted by Crippen LogP contribution is -2.23. The van der Waals surface area contributed by atoms with E-state index in [1.807, 2.05) is 12.1 Å². The Balaban J connectivity index is 2.01. The summed E-state index contributed by atoms with van der Waals surface area (Å²) in [5.41, 5.74) is 7.77. The van der Waals surface area contributed by atoms with Gasteiger partial charge in [0, 0.05) is 12.6 Å². The van der Waals surface area contributed by atoms with E-state index in [9.17, 15) is 4.79 Å². The summed E-state index contributed by atoms with van der Waals surface area (Å²) >= 11 is 0. The van der Waals surface area contributed by atoms with Crippen molar-refractivity contribution in [2.45, 2.75) is 44.6 Å². The maximum absolute atomic E-state index is 11.0. The number of esters is 1. The first kappa shape index (κ1) is 12.0. The van der Waals surface area contributed by atoms with Gasteiger partial charge in [-0.2, -0.15) is 0 Å². The summed E-state index contributed by atoms with van der Waals surface area (Å²) in [6, 6.07) is 8.03. The first-order valence-corrected chi connectivity index (χ1v) is 6.18. The third kappa shape index (κ3) is 3.22. The van der Waals surface area contributed by atoms with Gasteiger partial charge in [0.25, 0.3) is 0 Å². The van der Waals surface area contributed by atoms with Crippen LogP contribution >= 0.6 is 0 Å². The lowest BCUT2D eigenvalue weighted by atomic mass is 9.82. The van der Waals surface area contributed by atoms with E-state index >= 15 is 0 Å². The number of anilines is 1. The van der Waals surface area contributed by atoms with Crippen molar-refractivity contribution in [1.82, 2.24) is 0 Å². The number of nitrogen functional groups attached to an aromatic ring is 1. The summed E-state index contributed by atoms with van der Waals surface area (Å²) < 4.78 is 5.30. The quantitative estimate of drug-likeness (QED) is 0.631. The minimum atomic E-state index is -0.173. The Hall–Kier alpha value is -1.51. The van der Waals surface area contributed by atoms with Gasteiger partial charge in [0.1, 0.15) is 6.10 Å². The molecule has 1 aliphatic carbocycles. The molecular formula is C14H19NO2. The molecule has 2 atom stereocenters. The van der Waals surface area contributed by atoms with Crippen molar-refractivity contribution in [2.75, 3.05) is 5.73 Å². The molecule has 0 aromatic heterocycles. The summed E-state index contributed by atoms with van der Waals surface area (Å²) in [6.45, 7) is 1.48. The van der Waals surface area contributed by atoms with E-state index in [4.69, 9.17) is 10.5 Å². The monoisotopic (exact) mass is 233 g/mol. The second-order valence-electron chi connectivity index (χ2n) is 4.76. The number of nitrogens with two attached hydrogens (primary N) is 1. The summed E-state index contributed by atoms with van der Waals surface area (Å²) in [6.07, 6.45) is 4.30. The van der Waals surface area contributed by atoms with Crippen LogP contribution in [0.25, 0.3) is 0 Å². The Labute approximate surface area is 102 Å². The summed E-state index contributed by atoms with van der Waals surface area (Å²) in [7, 11) is 0. The van der Waals surface area contributed by atoms with E-state index in [2.05, 4.69) is 12.1 Å². The van der Waals surface area contributed by atoms with E-state index in [0.717, 1.165) is 24.9 Å². The molecule has 1 saturated carbocycles. The van der Waals surface area contributed by atoms with Crippen LogP contribution in [0, 0.1) is 0 Å². The highest BCUT2D eigenvalue weighted by molar-refractivity contribution is 5.66. The Morgan fingerprint density at radius 1 is 1.29 bits per heavy atom. The van der Waals surface area contributed by atoms with Crippen LogP contribution < -0.4 is 5.73 Å². The van der Waals surface area contributed by atoms with Crippen LogP contribution in [-0.4, -0.2) is 12.1 Å². The smallest absolute Gasteiger partial charge is 0.302 e. The van der Waals surface area contributed by atoms with Gasteiger partial charge in [-0.05, 0) is 49.3 Å². The first-order valence-electron chi connectivity index (χ1n) is 6.18. The predicted molar refractivity (Wildman–Crippen MR) is 67.6 cm³/mol. The molecule has 17 heavy (non-hydrogen) atoms. The number of hydrogen-bond acceptors (Lipinski definition) is 3. The summed E-state index contributed by atoms with van der Waals surface area (Å²) in [4.78, 5) is 11.0. The lowest BCUT2D eigenvalue weighted by Gasteiger charge is -2.29. The molecule has 0 amide bonds. The minimum Gasteiger partial charge on any atom is -0.463 e. The van der Waals surface area contributed by atoms with Crippen molar-refractivity contribution < 1.29 is 9.53 Å². The van der Waals surface area contributed by atoms with Crippen molar-refractivity contribution >= 4 is 11.7 Å². The highest BCUT2D eigenvalue weighted by Crippen LogP contribution is 2.34. The van der Waals surface area contributed by atoms with Crippen LogP contribution in [0.5, 0.6) is 0 Å². The van der Waals surface area contributed by atoms with Crippen LogP contribution in [0.2, 0.25) is 0 Å². The van der Waals surface area contributed by atoms with E-state index in [1.165, 1.54) is 18.9 Å². The topological polar surface area (TPSA) is 52.3 Å². The third-order valence-corrected chi connectivity index (χ3v) is 3.37. The second kappa shape index (κ2) is 5.21. The molecule has 2 rings (SSSR count). The fourth-order valence-electron chi connectivity index (χ4n) is 2.56. The predicted octanol–water partition coefficient (Wildman–Crippen LogP) is 2.86. The van der Waals surface area contributed by atoms with Crippen LogP contribution in [0.3, 0.4) is 0 Å². The summed E-state index contributed by atoms with van der Waals surface area (Å²) in [5.74, 6) is 0.321. The molecular weight excluding hydrogens is 214 g/mol. The zero-order valence-electron chi connectivity index (χ0n) is 10.2. The highest BCUT2D eigenvalue weighted by atomic mass is 16.5. The Morgan fingerprint density at radius 2 is 2.00 bits per heavy atom. The van der Waals surface area contributed by atoms with Gasteiger partial charge in [-0.25, -0.2) is 0 Å². The van der Waals surface area contributed by atoms with Crippen molar-refractivity contribution in [2.24, 2.45) is 0 Å². The molecule has 1 aromatic carbocycles. The maximum atomic E-state index is 11.0. The molecule has 0 radical (unpaired) electrons. The zero-order valence-corrected chi connectivity index (χ0v) is 10.2. The van der Waals surface area contributed by atoms with E-state index in [0.29, 0.717) is 5.92 Å². The molecule has 0 heterocycles. The first-order chi connectivity index (χ1) is 8.15. The highest BCUT2D eigenvalue weighted by Gasteiger charge is 2.24. The van der Waals surface area contributed by atoms with Crippen LogP contribution in [0.1, 0.15) is 44.1 Å². The third-order valence-electron chi connectivity index (χ3n) is 3.37. The Morgan fingerprint density at radius 3 is 2.65 bits per heavy atom. The van der Waals surface area contributed by atoms with Gasteiger partial charge in [0.15, 0.2) is 0 Å². The van der Waals surface area contributed by atoms with Gasteiger partial charge < -0.3 is 10.5 Å². The largest absolute Gasteiger partial charge is 0.463 e. The molecule has 0 spiro atoms. The van der Waals surface area contributed by atoms with Crippen LogP contribution in [0.15, 0.2) is 24.3 Å². The fourth-order valence-corrected chi connectivity index (χ4v) is 2.56. The molecule has 0 aliphatic heterocycles. The van der Waals surface area contributed by atoms with Gasteiger partial charge in [-0.15, -0.1) is 0 Å². The molecule has 1 aliphatic rings. The van der Waals surface area contributed by atoms with Crippen molar-refractivity contribution in [3.63, 3.8) is 0 Å². The Bertz CT molecular complexity index is 386. The molecule has 1 fully saturated rings. The van der Waals surface area contributed by atoms with Crippen molar-refractivity contribution in [3.8, 4) is 0 Å². The maximum Gasteiger partial charge on any atom is 0.302 e. The van der Waals surface area contributed by atoms with Crippen molar-refractivity contribution in [1.29, 1.82) is 0 Å². The number of ether oxygens (including phenoxy) is 1. The average molecular weight is 233 g/mol. The van der Waals surface area contributed by atoms with Gasteiger partial charge in [0.05, 0.1) is 0 Å². The van der Waals surface area contributed by atoms with Crippen molar-refractivity contribution in [3.05, 3.63) is 29.8 Å². The molecule has 2 N–H and O–H groups in total.